The molecule has 0 atom stereocenters. The van der Waals surface area contributed by atoms with Gasteiger partial charge >= 0.3 is 0 Å². The number of nitro groups is 1. The van der Waals surface area contributed by atoms with E-state index in [9.17, 15) is 10.1 Å². The third-order valence-electron chi connectivity index (χ3n) is 2.62. The van der Waals surface area contributed by atoms with Crippen molar-refractivity contribution >= 4 is 28.9 Å². The van der Waals surface area contributed by atoms with Crippen molar-refractivity contribution in [1.82, 2.24) is 14.8 Å². The van der Waals surface area contributed by atoms with Gasteiger partial charge < -0.3 is 9.80 Å². The highest BCUT2D eigenvalue weighted by atomic mass is 32.2. The lowest BCUT2D eigenvalue weighted by molar-refractivity contribution is -0.464. The molecule has 0 radical (unpaired) electrons. The van der Waals surface area contributed by atoms with Gasteiger partial charge in [-0.1, -0.05) is 0 Å². The first-order valence-corrected chi connectivity index (χ1v) is 8.90. The van der Waals surface area contributed by atoms with Crippen LogP contribution >= 0.6 is 23.1 Å². The minimum absolute atomic E-state index is 0.225. The third kappa shape index (κ3) is 7.71. The van der Waals surface area contributed by atoms with Crippen LogP contribution < -0.4 is 0 Å². The Bertz CT molecular complexity index is 502. The molecule has 0 amide bonds. The molecular weight excluding hydrogens is 322 g/mol. The maximum atomic E-state index is 10.5. The predicted octanol–water partition coefficient (Wildman–Crippen LogP) is 1.67. The van der Waals surface area contributed by atoms with Gasteiger partial charge in [-0.15, -0.1) is 11.3 Å². The van der Waals surface area contributed by atoms with Crippen molar-refractivity contribution in [1.29, 1.82) is 0 Å². The average Bonchev–Trinajstić information content (AvgIpc) is 2.83. The normalized spacial score (nSPS) is 12.0. The Hall–Kier alpha value is -1.19. The largest absolute Gasteiger partial charge is 0.361 e. The number of hydrogen-bond acceptors (Lipinski definition) is 7. The molecule has 0 aliphatic heterocycles. The van der Waals surface area contributed by atoms with E-state index in [1.807, 2.05) is 14.1 Å². The maximum Gasteiger partial charge on any atom is 0.260 e. The van der Waals surface area contributed by atoms with Crippen molar-refractivity contribution in [2.24, 2.45) is 4.99 Å². The highest BCUT2D eigenvalue weighted by Crippen LogP contribution is 2.16. The van der Waals surface area contributed by atoms with E-state index < -0.39 is 0 Å². The Morgan fingerprint density at radius 2 is 2.18 bits per heavy atom. The number of aliphatic imine (C=N–C) groups is 1. The lowest BCUT2D eigenvalue weighted by Gasteiger charge is -2.11. The van der Waals surface area contributed by atoms with Crippen LogP contribution in [-0.2, 0) is 12.3 Å². The van der Waals surface area contributed by atoms with Crippen LogP contribution in [-0.4, -0.2) is 72.6 Å². The predicted molar refractivity (Wildman–Crippen MR) is 93.5 cm³/mol. The number of thioether (sulfide) groups is 1. The second-order valence-electron chi connectivity index (χ2n) is 5.21. The number of aromatic nitrogens is 1. The summed E-state index contributed by atoms with van der Waals surface area (Å²) in [6.07, 6.45) is 0. The molecule has 124 valence electrons. The molecule has 0 aromatic carbocycles. The fourth-order valence-corrected chi connectivity index (χ4v) is 3.36. The number of likely N-dealkylation sites (N-methyl/N-ethyl adjacent to an activating group) is 1. The Balaban J connectivity index is 2.32. The summed E-state index contributed by atoms with van der Waals surface area (Å²) in [6.45, 7) is 1.23. The second-order valence-corrected chi connectivity index (χ2v) is 7.25. The molecule has 0 N–H and O–H groups in total. The van der Waals surface area contributed by atoms with E-state index in [1.54, 1.807) is 42.1 Å². The average molecular weight is 345 g/mol. The molecule has 1 aromatic heterocycles. The number of thiazole rings is 1. The zero-order chi connectivity index (χ0) is 16.5. The standard InChI is InChI=1S/C13H23N5O2S2/c1-16(2)8-13-15-11(10-22-13)9-21-6-5-14-12(17(3)4)7-18(19)20/h10H,5-9H2,1-4H3. The molecule has 1 aromatic rings. The summed E-state index contributed by atoms with van der Waals surface area (Å²) in [5, 5.41) is 13.8. The topological polar surface area (TPSA) is 74.9 Å². The molecule has 0 saturated heterocycles. The van der Waals surface area contributed by atoms with Crippen LogP contribution in [0.25, 0.3) is 0 Å². The van der Waals surface area contributed by atoms with Gasteiger partial charge in [-0.3, -0.25) is 15.1 Å². The molecule has 7 nitrogen and oxygen atoms in total. The van der Waals surface area contributed by atoms with Crippen molar-refractivity contribution in [2.45, 2.75) is 12.3 Å². The molecule has 0 aliphatic carbocycles. The first-order chi connectivity index (χ1) is 10.4. The summed E-state index contributed by atoms with van der Waals surface area (Å²) in [7, 11) is 7.61. The molecule has 0 unspecified atom stereocenters. The molecule has 0 saturated carbocycles. The van der Waals surface area contributed by atoms with Crippen LogP contribution in [0.15, 0.2) is 10.4 Å². The lowest BCUT2D eigenvalue weighted by Crippen LogP contribution is -2.29. The molecule has 0 bridgehead atoms. The molecule has 1 rings (SSSR count). The summed E-state index contributed by atoms with van der Waals surface area (Å²) in [5.74, 6) is 2.19. The van der Waals surface area contributed by atoms with E-state index in [0.717, 1.165) is 28.8 Å². The van der Waals surface area contributed by atoms with Crippen LogP contribution in [0.3, 0.4) is 0 Å². The van der Waals surface area contributed by atoms with Crippen LogP contribution in [0.2, 0.25) is 0 Å². The van der Waals surface area contributed by atoms with Gasteiger partial charge in [-0.05, 0) is 14.1 Å². The monoisotopic (exact) mass is 345 g/mol. The van der Waals surface area contributed by atoms with Crippen LogP contribution in [0.1, 0.15) is 10.7 Å². The van der Waals surface area contributed by atoms with Gasteiger partial charge in [0.15, 0.2) is 5.84 Å². The molecule has 0 spiro atoms. The van der Waals surface area contributed by atoms with Crippen molar-refractivity contribution < 1.29 is 4.92 Å². The third-order valence-corrected chi connectivity index (χ3v) is 4.47. The first kappa shape index (κ1) is 18.9. The SMILES string of the molecule is CN(C)Cc1nc(CSCCN=C(C[N+](=O)[O-])N(C)C)cs1. The van der Waals surface area contributed by atoms with Gasteiger partial charge in [0, 0.05) is 42.4 Å². The maximum absolute atomic E-state index is 10.5. The van der Waals surface area contributed by atoms with E-state index in [-0.39, 0.29) is 11.5 Å². The Morgan fingerprint density at radius 1 is 1.45 bits per heavy atom. The summed E-state index contributed by atoms with van der Waals surface area (Å²) in [4.78, 5) is 22.9. The Morgan fingerprint density at radius 3 is 2.77 bits per heavy atom. The summed E-state index contributed by atoms with van der Waals surface area (Å²) in [5.41, 5.74) is 1.09. The van der Waals surface area contributed by atoms with Gasteiger partial charge in [-0.2, -0.15) is 11.8 Å². The van der Waals surface area contributed by atoms with E-state index in [4.69, 9.17) is 0 Å². The highest BCUT2D eigenvalue weighted by molar-refractivity contribution is 7.98. The van der Waals surface area contributed by atoms with Crippen molar-refractivity contribution in [3.63, 3.8) is 0 Å². The summed E-state index contributed by atoms with van der Waals surface area (Å²) < 4.78 is 0. The summed E-state index contributed by atoms with van der Waals surface area (Å²) >= 11 is 3.43. The number of nitrogens with zero attached hydrogens (tertiary/aromatic N) is 5. The number of rotatable bonds is 9. The Labute approximate surface area is 139 Å². The van der Waals surface area contributed by atoms with Gasteiger partial charge in [0.25, 0.3) is 6.54 Å². The zero-order valence-electron chi connectivity index (χ0n) is 13.5. The van der Waals surface area contributed by atoms with E-state index in [1.165, 1.54) is 0 Å². The second kappa shape index (κ2) is 9.75. The fourth-order valence-electron chi connectivity index (χ4n) is 1.62. The Kier molecular flexibility index (Phi) is 8.36. The first-order valence-electron chi connectivity index (χ1n) is 6.86. The smallest absolute Gasteiger partial charge is 0.260 e. The van der Waals surface area contributed by atoms with Gasteiger partial charge in [-0.25, -0.2) is 4.98 Å². The van der Waals surface area contributed by atoms with Crippen molar-refractivity contribution in [3.05, 3.63) is 26.2 Å². The molecule has 22 heavy (non-hydrogen) atoms. The van der Waals surface area contributed by atoms with Gasteiger partial charge in [0.2, 0.25) is 0 Å². The molecule has 0 aliphatic rings. The molecule has 9 heteroatoms. The minimum Gasteiger partial charge on any atom is -0.361 e. The highest BCUT2D eigenvalue weighted by Gasteiger charge is 2.09. The summed E-state index contributed by atoms with van der Waals surface area (Å²) in [6, 6.07) is 0. The lowest BCUT2D eigenvalue weighted by atomic mass is 10.5. The van der Waals surface area contributed by atoms with E-state index in [0.29, 0.717) is 12.4 Å². The molecule has 0 fully saturated rings. The minimum atomic E-state index is -0.354. The fraction of sp³-hybridized carbons (Fsp3) is 0.692. The van der Waals surface area contributed by atoms with Crippen molar-refractivity contribution in [2.75, 3.05) is 47.0 Å². The van der Waals surface area contributed by atoms with Crippen LogP contribution in [0, 0.1) is 10.1 Å². The van der Waals surface area contributed by atoms with E-state index in [2.05, 4.69) is 20.3 Å². The van der Waals surface area contributed by atoms with Gasteiger partial charge in [0.05, 0.1) is 12.2 Å². The van der Waals surface area contributed by atoms with Crippen LogP contribution in [0.4, 0.5) is 0 Å². The van der Waals surface area contributed by atoms with E-state index >= 15 is 0 Å². The van der Waals surface area contributed by atoms with Gasteiger partial charge in [0.1, 0.15) is 5.01 Å². The molecule has 1 heterocycles. The van der Waals surface area contributed by atoms with Crippen molar-refractivity contribution in [3.8, 4) is 0 Å². The quantitative estimate of drug-likeness (QED) is 0.223. The number of amidine groups is 1. The van der Waals surface area contributed by atoms with Crippen LogP contribution in [0.5, 0.6) is 0 Å². The number of hydrogen-bond donors (Lipinski definition) is 0. The zero-order valence-corrected chi connectivity index (χ0v) is 15.1. The molecular formula is C13H23N5O2S2.